The van der Waals surface area contributed by atoms with Gasteiger partial charge >= 0.3 is 0 Å². The molecule has 1 heteroatoms. The average molecular weight is 214 g/mol. The molecule has 0 aromatic rings. The second-order valence-corrected chi connectivity index (χ2v) is 3.30. The van der Waals surface area contributed by atoms with Gasteiger partial charge in [0.15, 0.2) is 0 Å². The molecule has 0 aromatic heterocycles. The van der Waals surface area contributed by atoms with E-state index in [9.17, 15) is 0 Å². The standard InChI is InChI=1S/C15H18O/c1-7-12(3)9-10-15(13(4)8-2)11-14(5)16-6/h1,8-11H,2,4H2,3,5-6H3/b12-9-,14-11+,15-10-. The van der Waals surface area contributed by atoms with Crippen LogP contribution in [0.15, 0.2) is 59.9 Å². The van der Waals surface area contributed by atoms with Gasteiger partial charge in [0.25, 0.3) is 0 Å². The Balaban J connectivity index is 5.20. The van der Waals surface area contributed by atoms with Crippen LogP contribution < -0.4 is 0 Å². The molecular weight excluding hydrogens is 196 g/mol. The molecule has 0 N–H and O–H groups in total. The van der Waals surface area contributed by atoms with E-state index in [4.69, 9.17) is 11.2 Å². The van der Waals surface area contributed by atoms with Gasteiger partial charge in [-0.25, -0.2) is 0 Å². The molecule has 0 aromatic carbocycles. The Bertz CT molecular complexity index is 398. The van der Waals surface area contributed by atoms with Gasteiger partial charge in [0.2, 0.25) is 0 Å². The molecular formula is C15H18O. The van der Waals surface area contributed by atoms with Crippen molar-refractivity contribution in [3.63, 3.8) is 0 Å². The van der Waals surface area contributed by atoms with E-state index in [1.165, 1.54) is 0 Å². The molecule has 0 atom stereocenters. The molecule has 0 aliphatic carbocycles. The molecule has 16 heavy (non-hydrogen) atoms. The Morgan fingerprint density at radius 1 is 1.31 bits per heavy atom. The van der Waals surface area contributed by atoms with Crippen molar-refractivity contribution in [2.24, 2.45) is 0 Å². The molecule has 0 amide bonds. The van der Waals surface area contributed by atoms with E-state index >= 15 is 0 Å². The maximum absolute atomic E-state index is 5.26. The highest BCUT2D eigenvalue weighted by molar-refractivity contribution is 5.47. The zero-order valence-electron chi connectivity index (χ0n) is 10.2. The van der Waals surface area contributed by atoms with Gasteiger partial charge in [0, 0.05) is 0 Å². The topological polar surface area (TPSA) is 9.23 Å². The lowest BCUT2D eigenvalue weighted by molar-refractivity contribution is 0.293. The maximum Gasteiger partial charge on any atom is 0.0930 e. The third-order valence-corrected chi connectivity index (χ3v) is 2.04. The van der Waals surface area contributed by atoms with Crippen molar-refractivity contribution in [2.45, 2.75) is 13.8 Å². The molecule has 0 heterocycles. The highest BCUT2D eigenvalue weighted by atomic mass is 16.5. The lowest BCUT2D eigenvalue weighted by Gasteiger charge is -2.03. The van der Waals surface area contributed by atoms with E-state index in [0.717, 1.165) is 22.5 Å². The molecule has 0 fully saturated rings. The summed E-state index contributed by atoms with van der Waals surface area (Å²) in [4.78, 5) is 0. The zero-order valence-corrected chi connectivity index (χ0v) is 10.2. The van der Waals surface area contributed by atoms with Crippen molar-refractivity contribution in [2.75, 3.05) is 7.11 Å². The first-order chi connectivity index (χ1) is 7.54. The molecule has 0 rings (SSSR count). The molecule has 1 nitrogen and oxygen atoms in total. The number of allylic oxidation sites excluding steroid dienone is 8. The molecule has 0 aliphatic heterocycles. The van der Waals surface area contributed by atoms with Gasteiger partial charge < -0.3 is 4.74 Å². The van der Waals surface area contributed by atoms with Gasteiger partial charge in [0.1, 0.15) is 0 Å². The first-order valence-electron chi connectivity index (χ1n) is 4.94. The summed E-state index contributed by atoms with van der Waals surface area (Å²) in [6, 6.07) is 0. The monoisotopic (exact) mass is 214 g/mol. The fourth-order valence-corrected chi connectivity index (χ4v) is 0.907. The molecule has 0 aliphatic rings. The van der Waals surface area contributed by atoms with Crippen molar-refractivity contribution < 1.29 is 4.74 Å². The summed E-state index contributed by atoms with van der Waals surface area (Å²) in [5.74, 6) is 3.36. The number of terminal acetylenes is 1. The van der Waals surface area contributed by atoms with Gasteiger partial charge in [-0.05, 0) is 36.6 Å². The third kappa shape index (κ3) is 5.07. The van der Waals surface area contributed by atoms with Crippen LogP contribution in [0.4, 0.5) is 0 Å². The highest BCUT2D eigenvalue weighted by Gasteiger charge is 1.96. The summed E-state index contributed by atoms with van der Waals surface area (Å²) in [5, 5.41) is 0. The fraction of sp³-hybridized carbons (Fsp3) is 0.200. The van der Waals surface area contributed by atoms with Crippen molar-refractivity contribution in [1.82, 2.24) is 0 Å². The minimum atomic E-state index is 0.806. The van der Waals surface area contributed by atoms with Gasteiger partial charge in [-0.1, -0.05) is 37.3 Å². The molecule has 0 saturated heterocycles. The number of rotatable bonds is 5. The maximum atomic E-state index is 5.26. The van der Waals surface area contributed by atoms with E-state index < -0.39 is 0 Å². The summed E-state index contributed by atoms with van der Waals surface area (Å²) in [6.07, 6.45) is 12.6. The van der Waals surface area contributed by atoms with Crippen LogP contribution in [0.2, 0.25) is 0 Å². The second kappa shape index (κ2) is 7.36. The Morgan fingerprint density at radius 3 is 2.38 bits per heavy atom. The average Bonchev–Trinajstić information content (AvgIpc) is 2.32. The lowest BCUT2D eigenvalue weighted by Crippen LogP contribution is -1.85. The van der Waals surface area contributed by atoms with Crippen LogP contribution in [0.3, 0.4) is 0 Å². The molecule has 0 radical (unpaired) electrons. The predicted molar refractivity (Wildman–Crippen MR) is 70.8 cm³/mol. The van der Waals surface area contributed by atoms with Crippen LogP contribution in [0, 0.1) is 12.3 Å². The summed E-state index contributed by atoms with van der Waals surface area (Å²) >= 11 is 0. The largest absolute Gasteiger partial charge is 0.501 e. The van der Waals surface area contributed by atoms with Crippen molar-refractivity contribution in [3.8, 4) is 12.3 Å². The quantitative estimate of drug-likeness (QED) is 0.384. The Kier molecular flexibility index (Phi) is 6.47. The molecule has 0 spiro atoms. The van der Waals surface area contributed by atoms with Crippen molar-refractivity contribution in [3.05, 3.63) is 59.9 Å². The first-order valence-corrected chi connectivity index (χ1v) is 4.94. The first kappa shape index (κ1) is 14.1. The van der Waals surface area contributed by atoms with Crippen molar-refractivity contribution in [1.29, 1.82) is 0 Å². The van der Waals surface area contributed by atoms with E-state index in [0.29, 0.717) is 0 Å². The van der Waals surface area contributed by atoms with Crippen LogP contribution in [-0.4, -0.2) is 7.11 Å². The summed E-state index contributed by atoms with van der Waals surface area (Å²) < 4.78 is 5.09. The van der Waals surface area contributed by atoms with Gasteiger partial charge in [-0.3, -0.25) is 0 Å². The molecule has 0 unspecified atom stereocenters. The minimum absolute atomic E-state index is 0.806. The second-order valence-electron chi connectivity index (χ2n) is 3.30. The van der Waals surface area contributed by atoms with Crippen LogP contribution in [-0.2, 0) is 4.74 Å². The number of hydrogen-bond donors (Lipinski definition) is 0. The molecule has 0 saturated carbocycles. The summed E-state index contributed by atoms with van der Waals surface area (Å²) in [5.41, 5.74) is 2.62. The smallest absolute Gasteiger partial charge is 0.0930 e. The third-order valence-electron chi connectivity index (χ3n) is 2.04. The SMILES string of the molecule is C#C\C(C)=C/C=C(/C=C(\C)OC)C(=C)C=C. The number of methoxy groups -OCH3 is 1. The lowest BCUT2D eigenvalue weighted by atomic mass is 10.1. The summed E-state index contributed by atoms with van der Waals surface area (Å²) in [7, 11) is 1.63. The van der Waals surface area contributed by atoms with E-state index in [2.05, 4.69) is 19.1 Å². The molecule has 0 bridgehead atoms. The fourth-order valence-electron chi connectivity index (χ4n) is 0.907. The van der Waals surface area contributed by atoms with E-state index in [1.807, 2.05) is 32.1 Å². The van der Waals surface area contributed by atoms with Crippen LogP contribution in [0.1, 0.15) is 13.8 Å². The number of hydrogen-bond acceptors (Lipinski definition) is 1. The summed E-state index contributed by atoms with van der Waals surface area (Å²) in [6.45, 7) is 11.3. The van der Waals surface area contributed by atoms with E-state index in [-0.39, 0.29) is 0 Å². The number of ether oxygens (including phenoxy) is 1. The van der Waals surface area contributed by atoms with Gasteiger partial charge in [0.05, 0.1) is 12.9 Å². The zero-order chi connectivity index (χ0) is 12.6. The van der Waals surface area contributed by atoms with Crippen LogP contribution >= 0.6 is 0 Å². The Morgan fingerprint density at radius 2 is 1.94 bits per heavy atom. The molecule has 84 valence electrons. The van der Waals surface area contributed by atoms with Gasteiger partial charge in [-0.15, -0.1) is 6.42 Å². The minimum Gasteiger partial charge on any atom is -0.501 e. The Hall–Kier alpha value is -1.94. The highest BCUT2D eigenvalue weighted by Crippen LogP contribution is 2.14. The predicted octanol–water partition coefficient (Wildman–Crippen LogP) is 3.78. The van der Waals surface area contributed by atoms with Crippen molar-refractivity contribution >= 4 is 0 Å². The van der Waals surface area contributed by atoms with Gasteiger partial charge in [-0.2, -0.15) is 0 Å². The normalized spacial score (nSPS) is 13.0. The van der Waals surface area contributed by atoms with E-state index in [1.54, 1.807) is 13.2 Å². The van der Waals surface area contributed by atoms with Crippen LogP contribution in [0.25, 0.3) is 0 Å². The Labute approximate surface area is 98.5 Å². The van der Waals surface area contributed by atoms with Crippen LogP contribution in [0.5, 0.6) is 0 Å².